The standard InChI is InChI=1S/C18H18FNO4S2/c1-9-10(7-16(21)22)11-6-14(24-2)12(19)8-13(11)20(9)18(23)15-4-5-17(25-3)26-15/h4-6,13H,7-8H2,1-3H3,(H,21,22). The van der Waals surface area contributed by atoms with Crippen LogP contribution in [0.5, 0.6) is 0 Å². The number of carbonyl (C=O) groups excluding carboxylic acids is 1. The maximum absolute atomic E-state index is 14.3. The van der Waals surface area contributed by atoms with Crippen molar-refractivity contribution >= 4 is 35.0 Å². The smallest absolute Gasteiger partial charge is 0.307 e. The molecule has 0 aromatic carbocycles. The van der Waals surface area contributed by atoms with Crippen LogP contribution in [0.3, 0.4) is 0 Å². The van der Waals surface area contributed by atoms with E-state index in [-0.39, 0.29) is 24.5 Å². The van der Waals surface area contributed by atoms with E-state index in [9.17, 15) is 19.1 Å². The minimum atomic E-state index is -0.997. The summed E-state index contributed by atoms with van der Waals surface area (Å²) in [6, 6.07) is 3.08. The molecule has 1 amide bonds. The molecule has 2 aliphatic rings. The third-order valence-corrected chi connectivity index (χ3v) is 6.66. The van der Waals surface area contributed by atoms with Gasteiger partial charge in [0, 0.05) is 12.1 Å². The van der Waals surface area contributed by atoms with E-state index in [4.69, 9.17) is 4.74 Å². The Morgan fingerprint density at radius 1 is 1.46 bits per heavy atom. The zero-order valence-electron chi connectivity index (χ0n) is 14.5. The Morgan fingerprint density at radius 2 is 2.19 bits per heavy atom. The Kier molecular flexibility index (Phi) is 5.24. The maximum atomic E-state index is 14.3. The summed E-state index contributed by atoms with van der Waals surface area (Å²) in [4.78, 5) is 26.4. The molecule has 1 aromatic heterocycles. The molecule has 0 fully saturated rings. The third-order valence-electron chi connectivity index (χ3n) is 4.50. The van der Waals surface area contributed by atoms with E-state index in [1.807, 2.05) is 12.3 Å². The fourth-order valence-electron chi connectivity index (χ4n) is 3.31. The van der Waals surface area contributed by atoms with Gasteiger partial charge in [-0.05, 0) is 42.5 Å². The van der Waals surface area contributed by atoms with Gasteiger partial charge in [-0.15, -0.1) is 23.1 Å². The molecule has 1 aromatic rings. The lowest BCUT2D eigenvalue weighted by molar-refractivity contribution is -0.136. The molecule has 0 spiro atoms. The van der Waals surface area contributed by atoms with Crippen LogP contribution in [0, 0.1) is 0 Å². The van der Waals surface area contributed by atoms with Crippen LogP contribution in [0.4, 0.5) is 4.39 Å². The Balaban J connectivity index is 2.04. The van der Waals surface area contributed by atoms with Crippen LogP contribution in [0.15, 0.2) is 50.8 Å². The summed E-state index contributed by atoms with van der Waals surface area (Å²) in [6.07, 6.45) is 3.19. The monoisotopic (exact) mass is 395 g/mol. The van der Waals surface area contributed by atoms with Gasteiger partial charge in [-0.2, -0.15) is 0 Å². The number of hydrogen-bond donors (Lipinski definition) is 1. The first kappa shape index (κ1) is 18.7. The lowest BCUT2D eigenvalue weighted by Gasteiger charge is -2.28. The highest BCUT2D eigenvalue weighted by Crippen LogP contribution is 2.43. The number of carboxylic acids is 1. The van der Waals surface area contributed by atoms with Crippen LogP contribution in [0.1, 0.15) is 29.4 Å². The second-order valence-corrected chi connectivity index (χ2v) is 8.12. The van der Waals surface area contributed by atoms with E-state index in [2.05, 4.69) is 0 Å². The van der Waals surface area contributed by atoms with E-state index in [0.29, 0.717) is 21.7 Å². The molecule has 138 valence electrons. The first-order chi connectivity index (χ1) is 12.4. The molecule has 3 rings (SSSR count). The number of aliphatic carboxylic acids is 1. The average molecular weight is 395 g/mol. The summed E-state index contributed by atoms with van der Waals surface area (Å²) in [5.74, 6) is -1.60. The number of amides is 1. The highest BCUT2D eigenvalue weighted by atomic mass is 32.2. The zero-order valence-corrected chi connectivity index (χ0v) is 16.2. The molecule has 0 bridgehead atoms. The predicted octanol–water partition coefficient (Wildman–Crippen LogP) is 4.20. The Bertz CT molecular complexity index is 868. The fourth-order valence-corrected chi connectivity index (χ4v) is 4.79. The summed E-state index contributed by atoms with van der Waals surface area (Å²) in [5.41, 5.74) is 1.73. The number of methoxy groups -OCH3 is 1. The molecule has 5 nitrogen and oxygen atoms in total. The lowest BCUT2D eigenvalue weighted by Crippen LogP contribution is -2.36. The number of thiophene rings is 1. The minimum absolute atomic E-state index is 0.0258. The lowest BCUT2D eigenvalue weighted by atomic mass is 9.92. The molecule has 1 N–H and O–H groups in total. The van der Waals surface area contributed by atoms with Crippen LogP contribution >= 0.6 is 23.1 Å². The summed E-state index contributed by atoms with van der Waals surface area (Å²) < 4.78 is 20.4. The first-order valence-electron chi connectivity index (χ1n) is 7.90. The average Bonchev–Trinajstić information content (AvgIpc) is 3.17. The summed E-state index contributed by atoms with van der Waals surface area (Å²) in [7, 11) is 1.37. The van der Waals surface area contributed by atoms with Gasteiger partial charge in [0.2, 0.25) is 0 Å². The second-order valence-electron chi connectivity index (χ2n) is 5.93. The van der Waals surface area contributed by atoms with Crippen molar-refractivity contribution in [2.45, 2.75) is 30.0 Å². The third kappa shape index (κ3) is 3.19. The van der Waals surface area contributed by atoms with E-state index < -0.39 is 17.8 Å². The minimum Gasteiger partial charge on any atom is -0.494 e. The van der Waals surface area contributed by atoms with E-state index in [1.165, 1.54) is 29.4 Å². The fraction of sp³-hybridized carbons (Fsp3) is 0.333. The first-order valence-corrected chi connectivity index (χ1v) is 9.95. The van der Waals surface area contributed by atoms with Gasteiger partial charge in [-0.25, -0.2) is 4.39 Å². The number of allylic oxidation sites excluding steroid dienone is 2. The van der Waals surface area contributed by atoms with Crippen LogP contribution < -0.4 is 0 Å². The number of carbonyl (C=O) groups is 2. The van der Waals surface area contributed by atoms with Gasteiger partial charge in [0.1, 0.15) is 5.83 Å². The number of fused-ring (bicyclic) bond motifs is 1. The van der Waals surface area contributed by atoms with Crippen LogP contribution in [0.2, 0.25) is 0 Å². The molecule has 0 radical (unpaired) electrons. The van der Waals surface area contributed by atoms with Crippen molar-refractivity contribution < 1.29 is 23.8 Å². The number of hydrogen-bond acceptors (Lipinski definition) is 5. The highest BCUT2D eigenvalue weighted by molar-refractivity contribution is 8.00. The zero-order chi connectivity index (χ0) is 19.0. The van der Waals surface area contributed by atoms with Crippen molar-refractivity contribution in [1.29, 1.82) is 0 Å². The van der Waals surface area contributed by atoms with Crippen molar-refractivity contribution in [3.05, 3.63) is 51.5 Å². The molecule has 1 aliphatic carbocycles. The number of carboxylic acid groups (broad SMARTS) is 1. The molecule has 1 aliphatic heterocycles. The molecule has 0 saturated carbocycles. The predicted molar refractivity (Wildman–Crippen MR) is 98.9 cm³/mol. The van der Waals surface area contributed by atoms with Gasteiger partial charge in [-0.3, -0.25) is 9.59 Å². The molecular weight excluding hydrogens is 377 g/mol. The number of thioether (sulfide) groups is 1. The normalized spacial score (nSPS) is 19.6. The van der Waals surface area contributed by atoms with Gasteiger partial charge in [0.15, 0.2) is 5.76 Å². The van der Waals surface area contributed by atoms with Crippen molar-refractivity contribution in [2.75, 3.05) is 13.4 Å². The Labute approximate surface area is 158 Å². The SMILES string of the molecule is COC1=C(F)CC2C(=C1)C(CC(=O)O)=C(C)N2C(=O)c1ccc(SC)s1. The van der Waals surface area contributed by atoms with Crippen LogP contribution in [-0.4, -0.2) is 41.3 Å². The van der Waals surface area contributed by atoms with Gasteiger partial charge in [0.25, 0.3) is 5.91 Å². The van der Waals surface area contributed by atoms with Crippen molar-refractivity contribution in [1.82, 2.24) is 4.90 Å². The van der Waals surface area contributed by atoms with Gasteiger partial charge < -0.3 is 14.7 Å². The summed E-state index contributed by atoms with van der Waals surface area (Å²) in [6.45, 7) is 1.71. The molecule has 2 heterocycles. The molecule has 1 atom stereocenters. The van der Waals surface area contributed by atoms with Gasteiger partial charge >= 0.3 is 5.97 Å². The summed E-state index contributed by atoms with van der Waals surface area (Å²) >= 11 is 2.92. The van der Waals surface area contributed by atoms with Gasteiger partial charge in [-0.1, -0.05) is 0 Å². The number of halogens is 1. The van der Waals surface area contributed by atoms with Crippen molar-refractivity contribution in [3.8, 4) is 0 Å². The summed E-state index contributed by atoms with van der Waals surface area (Å²) in [5, 5.41) is 9.25. The van der Waals surface area contributed by atoms with Crippen molar-refractivity contribution in [2.24, 2.45) is 0 Å². The van der Waals surface area contributed by atoms with E-state index in [0.717, 1.165) is 4.21 Å². The van der Waals surface area contributed by atoms with E-state index in [1.54, 1.807) is 24.8 Å². The van der Waals surface area contributed by atoms with Gasteiger partial charge in [0.05, 0.1) is 28.7 Å². The van der Waals surface area contributed by atoms with E-state index >= 15 is 0 Å². The molecule has 8 heteroatoms. The Morgan fingerprint density at radius 3 is 2.77 bits per heavy atom. The Hall–Kier alpha value is -2.06. The number of rotatable bonds is 5. The topological polar surface area (TPSA) is 66.8 Å². The highest BCUT2D eigenvalue weighted by Gasteiger charge is 2.42. The molecule has 26 heavy (non-hydrogen) atoms. The second kappa shape index (κ2) is 7.28. The number of ether oxygens (including phenoxy) is 1. The maximum Gasteiger partial charge on any atom is 0.307 e. The van der Waals surface area contributed by atoms with Crippen molar-refractivity contribution in [3.63, 3.8) is 0 Å². The molecule has 1 unspecified atom stereocenters. The molecule has 0 saturated heterocycles. The largest absolute Gasteiger partial charge is 0.494 e. The quantitative estimate of drug-likeness (QED) is 0.757. The van der Waals surface area contributed by atoms with Crippen LogP contribution in [0.25, 0.3) is 0 Å². The number of nitrogens with zero attached hydrogens (tertiary/aromatic N) is 1. The molecular formula is C18H18FNO4S2. The van der Waals surface area contributed by atoms with Crippen LogP contribution in [-0.2, 0) is 9.53 Å².